The van der Waals surface area contributed by atoms with Crippen molar-refractivity contribution in [2.24, 2.45) is 0 Å². The minimum absolute atomic E-state index is 0.0154. The van der Waals surface area contributed by atoms with Gasteiger partial charge in [0.25, 0.3) is 0 Å². The molecule has 6 heteroatoms. The van der Waals surface area contributed by atoms with Crippen LogP contribution in [0.4, 0.5) is 0 Å². The van der Waals surface area contributed by atoms with Crippen LogP contribution in [0.5, 0.6) is 0 Å². The molecule has 1 aromatic heterocycles. The number of carboxylic acid groups (broad SMARTS) is 1. The Hall–Kier alpha value is -1.43. The van der Waals surface area contributed by atoms with Crippen LogP contribution in [0.2, 0.25) is 0 Å². The first-order valence-corrected chi connectivity index (χ1v) is 5.89. The maximum absolute atomic E-state index is 10.4. The maximum Gasteiger partial charge on any atom is 0.303 e. The summed E-state index contributed by atoms with van der Waals surface area (Å²) in [5.74, 6) is 0.135. The monoisotopic (exact) mass is 240 g/mol. The highest BCUT2D eigenvalue weighted by atomic mass is 16.5. The lowest BCUT2D eigenvalue weighted by Crippen LogP contribution is -2.21. The van der Waals surface area contributed by atoms with Crippen molar-refractivity contribution in [2.75, 3.05) is 6.61 Å². The Kier molecular flexibility index (Phi) is 4.08. The first-order chi connectivity index (χ1) is 8.24. The number of hydrogen-bond acceptors (Lipinski definition) is 5. The first kappa shape index (κ1) is 12.0. The van der Waals surface area contributed by atoms with Crippen molar-refractivity contribution >= 4 is 5.97 Å². The van der Waals surface area contributed by atoms with Gasteiger partial charge in [-0.05, 0) is 19.3 Å². The van der Waals surface area contributed by atoms with Crippen LogP contribution >= 0.6 is 0 Å². The van der Waals surface area contributed by atoms with E-state index in [-0.39, 0.29) is 18.9 Å². The molecule has 0 radical (unpaired) electrons. The lowest BCUT2D eigenvalue weighted by molar-refractivity contribution is -0.137. The molecule has 17 heavy (non-hydrogen) atoms. The van der Waals surface area contributed by atoms with Gasteiger partial charge in [0.05, 0.1) is 12.5 Å². The Labute approximate surface area is 99.0 Å². The van der Waals surface area contributed by atoms with Gasteiger partial charge in [-0.25, -0.2) is 0 Å². The number of hydrogen-bond donors (Lipinski definition) is 1. The molecule has 1 aliphatic heterocycles. The van der Waals surface area contributed by atoms with Gasteiger partial charge in [0.1, 0.15) is 0 Å². The van der Waals surface area contributed by atoms with E-state index in [1.807, 2.05) is 0 Å². The zero-order chi connectivity index (χ0) is 12.1. The molecule has 0 saturated carbocycles. The molecule has 2 rings (SSSR count). The first-order valence-electron chi connectivity index (χ1n) is 5.89. The molecular weight excluding hydrogens is 224 g/mol. The molecule has 0 aliphatic carbocycles. The third kappa shape index (κ3) is 3.81. The van der Waals surface area contributed by atoms with Gasteiger partial charge in [-0.3, -0.25) is 4.79 Å². The molecule has 1 atom stereocenters. The summed E-state index contributed by atoms with van der Waals surface area (Å²) in [7, 11) is 0. The summed E-state index contributed by atoms with van der Waals surface area (Å²) in [4.78, 5) is 14.5. The number of rotatable bonds is 5. The summed E-state index contributed by atoms with van der Waals surface area (Å²) in [6.07, 6.45) is 4.44. The van der Waals surface area contributed by atoms with Gasteiger partial charge in [0.2, 0.25) is 5.89 Å². The predicted octanol–water partition coefficient (Wildman–Crippen LogP) is 1.20. The van der Waals surface area contributed by atoms with Gasteiger partial charge in [-0.2, -0.15) is 4.98 Å². The zero-order valence-corrected chi connectivity index (χ0v) is 9.59. The third-order valence-electron chi connectivity index (χ3n) is 2.75. The summed E-state index contributed by atoms with van der Waals surface area (Å²) < 4.78 is 10.6. The molecule has 94 valence electrons. The minimum Gasteiger partial charge on any atom is -0.481 e. The smallest absolute Gasteiger partial charge is 0.303 e. The number of aliphatic carboxylic acids is 1. The van der Waals surface area contributed by atoms with E-state index in [0.717, 1.165) is 19.4 Å². The van der Waals surface area contributed by atoms with Crippen molar-refractivity contribution in [2.45, 2.75) is 44.6 Å². The Morgan fingerprint density at radius 3 is 3.06 bits per heavy atom. The highest BCUT2D eigenvalue weighted by Gasteiger charge is 2.17. The number of aryl methyl sites for hydroxylation is 1. The fourth-order valence-corrected chi connectivity index (χ4v) is 1.86. The third-order valence-corrected chi connectivity index (χ3v) is 2.75. The maximum atomic E-state index is 10.4. The second-order valence-electron chi connectivity index (χ2n) is 4.19. The summed E-state index contributed by atoms with van der Waals surface area (Å²) in [5.41, 5.74) is 0. The average molecular weight is 240 g/mol. The lowest BCUT2D eigenvalue weighted by Gasteiger charge is -2.20. The molecule has 0 spiro atoms. The Bertz CT molecular complexity index is 371. The Balaban J connectivity index is 1.82. The molecule has 0 bridgehead atoms. The van der Waals surface area contributed by atoms with Crippen molar-refractivity contribution in [1.29, 1.82) is 0 Å². The molecule has 1 aromatic rings. The van der Waals surface area contributed by atoms with Gasteiger partial charge < -0.3 is 14.4 Å². The van der Waals surface area contributed by atoms with Crippen LogP contribution in [0.1, 0.15) is 37.4 Å². The fraction of sp³-hybridized carbons (Fsp3) is 0.727. The van der Waals surface area contributed by atoms with E-state index in [1.54, 1.807) is 0 Å². The topological polar surface area (TPSA) is 85.5 Å². The van der Waals surface area contributed by atoms with E-state index in [9.17, 15) is 4.79 Å². The highest BCUT2D eigenvalue weighted by Crippen LogP contribution is 2.16. The van der Waals surface area contributed by atoms with Gasteiger partial charge in [-0.1, -0.05) is 5.16 Å². The second-order valence-corrected chi connectivity index (χ2v) is 4.19. The van der Waals surface area contributed by atoms with E-state index in [1.165, 1.54) is 6.42 Å². The van der Waals surface area contributed by atoms with Gasteiger partial charge in [0.15, 0.2) is 5.82 Å². The molecular formula is C11H16N2O4. The largest absolute Gasteiger partial charge is 0.481 e. The van der Waals surface area contributed by atoms with Crippen molar-refractivity contribution in [3.63, 3.8) is 0 Å². The summed E-state index contributed by atoms with van der Waals surface area (Å²) >= 11 is 0. The van der Waals surface area contributed by atoms with Crippen LogP contribution < -0.4 is 0 Å². The molecule has 2 heterocycles. The van der Waals surface area contributed by atoms with Crippen molar-refractivity contribution in [3.8, 4) is 0 Å². The van der Waals surface area contributed by atoms with E-state index >= 15 is 0 Å². The minimum atomic E-state index is -0.861. The Morgan fingerprint density at radius 2 is 2.35 bits per heavy atom. The highest BCUT2D eigenvalue weighted by molar-refractivity contribution is 5.66. The fourth-order valence-electron chi connectivity index (χ4n) is 1.86. The second kappa shape index (κ2) is 5.77. The Morgan fingerprint density at radius 1 is 1.47 bits per heavy atom. The molecule has 0 aromatic carbocycles. The summed E-state index contributed by atoms with van der Waals surface area (Å²) in [5, 5.41) is 12.4. The van der Waals surface area contributed by atoms with E-state index in [0.29, 0.717) is 18.1 Å². The average Bonchev–Trinajstić information content (AvgIpc) is 2.75. The molecule has 1 saturated heterocycles. The molecule has 1 unspecified atom stereocenters. The van der Waals surface area contributed by atoms with Gasteiger partial charge in [-0.15, -0.1) is 0 Å². The number of carbonyl (C=O) groups is 1. The predicted molar refractivity (Wildman–Crippen MR) is 57.5 cm³/mol. The van der Waals surface area contributed by atoms with Gasteiger partial charge in [0, 0.05) is 19.4 Å². The SMILES string of the molecule is O=C(O)CCc1nc(CC2CCCCO2)no1. The molecule has 1 aliphatic rings. The van der Waals surface area contributed by atoms with E-state index in [2.05, 4.69) is 10.1 Å². The van der Waals surface area contributed by atoms with Crippen LogP contribution in [-0.4, -0.2) is 33.9 Å². The van der Waals surface area contributed by atoms with Crippen LogP contribution in [0, 0.1) is 0 Å². The number of aromatic nitrogens is 2. The lowest BCUT2D eigenvalue weighted by atomic mass is 10.1. The standard InChI is InChI=1S/C11H16N2O4/c14-11(15)5-4-10-12-9(13-17-10)7-8-3-1-2-6-16-8/h8H,1-7H2,(H,14,15). The number of nitrogens with zero attached hydrogens (tertiary/aromatic N) is 2. The normalized spacial score (nSPS) is 20.4. The van der Waals surface area contributed by atoms with E-state index in [4.69, 9.17) is 14.4 Å². The summed E-state index contributed by atoms with van der Waals surface area (Å²) in [6, 6.07) is 0. The number of carboxylic acids is 1. The van der Waals surface area contributed by atoms with Crippen LogP contribution in [0.15, 0.2) is 4.52 Å². The van der Waals surface area contributed by atoms with Crippen molar-refractivity contribution in [1.82, 2.24) is 10.1 Å². The van der Waals surface area contributed by atoms with Crippen LogP contribution in [-0.2, 0) is 22.4 Å². The summed E-state index contributed by atoms with van der Waals surface area (Å²) in [6.45, 7) is 0.800. The van der Waals surface area contributed by atoms with Crippen molar-refractivity contribution < 1.29 is 19.2 Å². The molecule has 1 N–H and O–H groups in total. The molecule has 6 nitrogen and oxygen atoms in total. The van der Waals surface area contributed by atoms with E-state index < -0.39 is 5.97 Å². The zero-order valence-electron chi connectivity index (χ0n) is 9.59. The quantitative estimate of drug-likeness (QED) is 0.832. The molecule has 1 fully saturated rings. The van der Waals surface area contributed by atoms with Crippen molar-refractivity contribution in [3.05, 3.63) is 11.7 Å². The van der Waals surface area contributed by atoms with Crippen LogP contribution in [0.25, 0.3) is 0 Å². The van der Waals surface area contributed by atoms with Gasteiger partial charge >= 0.3 is 5.97 Å². The number of ether oxygens (including phenoxy) is 1. The van der Waals surface area contributed by atoms with Crippen LogP contribution in [0.3, 0.4) is 0 Å². The molecule has 0 amide bonds.